The first-order valence-corrected chi connectivity index (χ1v) is 11.4. The number of halogens is 1. The van der Waals surface area contributed by atoms with Gasteiger partial charge in [-0.15, -0.1) is 0 Å². The number of aromatic nitrogens is 2. The Bertz CT molecular complexity index is 1690. The van der Waals surface area contributed by atoms with Gasteiger partial charge in [-0.3, -0.25) is 14.9 Å². The lowest BCUT2D eigenvalue weighted by atomic mass is 10.2. The van der Waals surface area contributed by atoms with Gasteiger partial charge in [0.2, 0.25) is 11.6 Å². The zero-order valence-electron chi connectivity index (χ0n) is 19.2. The van der Waals surface area contributed by atoms with Crippen LogP contribution < -0.4 is 10.3 Å². The number of nitro benzene ring substituents is 1. The lowest BCUT2D eigenvalue weighted by Gasteiger charge is -2.13. The first-order chi connectivity index (χ1) is 17.3. The van der Waals surface area contributed by atoms with Crippen LogP contribution in [0.25, 0.3) is 33.5 Å². The summed E-state index contributed by atoms with van der Waals surface area (Å²) in [5.74, 6) is 0.510. The van der Waals surface area contributed by atoms with Crippen molar-refractivity contribution in [2.75, 3.05) is 0 Å². The molecule has 10 heteroatoms. The molecule has 36 heavy (non-hydrogen) atoms. The molecule has 180 valence electrons. The van der Waals surface area contributed by atoms with Crippen molar-refractivity contribution in [3.63, 3.8) is 0 Å². The van der Waals surface area contributed by atoms with E-state index in [9.17, 15) is 14.9 Å². The Morgan fingerprint density at radius 2 is 1.89 bits per heavy atom. The molecule has 0 bridgehead atoms. The van der Waals surface area contributed by atoms with Crippen molar-refractivity contribution in [1.82, 2.24) is 9.66 Å². The van der Waals surface area contributed by atoms with Gasteiger partial charge in [-0.25, -0.2) is 4.98 Å². The molecular weight excluding hydrogens is 484 g/mol. The lowest BCUT2D eigenvalue weighted by molar-refractivity contribution is -0.386. The van der Waals surface area contributed by atoms with Crippen LogP contribution in [0.3, 0.4) is 0 Å². The van der Waals surface area contributed by atoms with E-state index in [0.29, 0.717) is 22.2 Å². The van der Waals surface area contributed by atoms with Crippen molar-refractivity contribution in [1.29, 1.82) is 0 Å². The standard InChI is InChI=1S/C26H19ClN4O5/c1-15(2)35-24-17(11-18(27)13-21(24)31(33)34)14-28-30-25(23-12-16-7-3-6-10-22(16)36-23)29-20-9-5-4-8-19(20)26(30)32/h3-15H,1-2H3. The van der Waals surface area contributed by atoms with Crippen molar-refractivity contribution >= 4 is 45.4 Å². The van der Waals surface area contributed by atoms with E-state index in [1.807, 2.05) is 24.3 Å². The van der Waals surface area contributed by atoms with E-state index in [0.717, 1.165) is 10.1 Å². The molecule has 0 saturated heterocycles. The average Bonchev–Trinajstić information content (AvgIpc) is 3.28. The summed E-state index contributed by atoms with van der Waals surface area (Å²) >= 11 is 6.15. The van der Waals surface area contributed by atoms with Crippen molar-refractivity contribution in [3.05, 3.63) is 97.8 Å². The van der Waals surface area contributed by atoms with Crippen LogP contribution in [0.1, 0.15) is 19.4 Å². The fourth-order valence-electron chi connectivity index (χ4n) is 3.80. The average molecular weight is 503 g/mol. The van der Waals surface area contributed by atoms with Gasteiger partial charge in [-0.2, -0.15) is 9.78 Å². The van der Waals surface area contributed by atoms with Crippen molar-refractivity contribution in [2.24, 2.45) is 5.10 Å². The summed E-state index contributed by atoms with van der Waals surface area (Å²) in [4.78, 5) is 29.2. The number of hydrogen-bond acceptors (Lipinski definition) is 7. The molecule has 2 heterocycles. The number of nitrogens with zero attached hydrogens (tertiary/aromatic N) is 4. The molecule has 9 nitrogen and oxygen atoms in total. The molecule has 0 unspecified atom stereocenters. The highest BCUT2D eigenvalue weighted by Crippen LogP contribution is 2.34. The number of rotatable bonds is 6. The number of ether oxygens (including phenoxy) is 1. The summed E-state index contributed by atoms with van der Waals surface area (Å²) in [5.41, 5.74) is 0.600. The van der Waals surface area contributed by atoms with Crippen LogP contribution in [-0.4, -0.2) is 26.9 Å². The monoisotopic (exact) mass is 502 g/mol. The molecule has 0 N–H and O–H groups in total. The van der Waals surface area contributed by atoms with Crippen LogP contribution in [0, 0.1) is 10.1 Å². The van der Waals surface area contributed by atoms with Crippen LogP contribution in [0.5, 0.6) is 5.75 Å². The number of para-hydroxylation sites is 2. The predicted octanol–water partition coefficient (Wildman–Crippen LogP) is 6.04. The SMILES string of the molecule is CC(C)Oc1c(C=Nn2c(-c3cc4ccccc4o3)nc3ccccc3c2=O)cc(Cl)cc1[N+](=O)[O-]. The number of nitro groups is 1. The van der Waals surface area contributed by atoms with Gasteiger partial charge in [0.25, 0.3) is 5.56 Å². The maximum absolute atomic E-state index is 13.5. The zero-order valence-corrected chi connectivity index (χ0v) is 20.0. The third kappa shape index (κ3) is 4.32. The van der Waals surface area contributed by atoms with Crippen LogP contribution in [0.2, 0.25) is 5.02 Å². The van der Waals surface area contributed by atoms with Gasteiger partial charge in [-0.1, -0.05) is 41.9 Å². The van der Waals surface area contributed by atoms with Gasteiger partial charge in [-0.05, 0) is 44.2 Å². The second-order valence-corrected chi connectivity index (χ2v) is 8.67. The molecule has 5 rings (SSSR count). The van der Waals surface area contributed by atoms with Crippen LogP contribution >= 0.6 is 11.6 Å². The minimum atomic E-state index is -0.579. The molecule has 0 aliphatic rings. The van der Waals surface area contributed by atoms with Crippen LogP contribution in [0.15, 0.2) is 81.0 Å². The second-order valence-electron chi connectivity index (χ2n) is 8.23. The van der Waals surface area contributed by atoms with Gasteiger partial charge in [0.05, 0.1) is 28.1 Å². The Balaban J connectivity index is 1.74. The normalized spacial score (nSPS) is 11.7. The van der Waals surface area contributed by atoms with Gasteiger partial charge >= 0.3 is 5.69 Å². The van der Waals surface area contributed by atoms with E-state index in [1.54, 1.807) is 44.2 Å². The van der Waals surface area contributed by atoms with E-state index in [4.69, 9.17) is 20.8 Å². The topological polar surface area (TPSA) is 113 Å². The van der Waals surface area contributed by atoms with E-state index in [2.05, 4.69) is 10.1 Å². The second kappa shape index (κ2) is 9.27. The quantitative estimate of drug-likeness (QED) is 0.159. The molecule has 0 radical (unpaired) electrons. The number of hydrogen-bond donors (Lipinski definition) is 0. The lowest BCUT2D eigenvalue weighted by Crippen LogP contribution is -2.20. The summed E-state index contributed by atoms with van der Waals surface area (Å²) in [5, 5.41) is 17.3. The zero-order chi connectivity index (χ0) is 25.4. The molecule has 3 aromatic carbocycles. The summed E-state index contributed by atoms with van der Waals surface area (Å²) in [6.07, 6.45) is 0.939. The van der Waals surface area contributed by atoms with Gasteiger partial charge < -0.3 is 9.15 Å². The van der Waals surface area contributed by atoms with Crippen LogP contribution in [-0.2, 0) is 0 Å². The maximum atomic E-state index is 13.5. The Morgan fingerprint density at radius 1 is 1.14 bits per heavy atom. The number of furan rings is 1. The molecule has 0 aliphatic heterocycles. The van der Waals surface area contributed by atoms with Gasteiger partial charge in [0, 0.05) is 22.0 Å². The summed E-state index contributed by atoms with van der Waals surface area (Å²) in [6.45, 7) is 3.49. The molecule has 0 fully saturated rings. The Hall–Kier alpha value is -4.50. The minimum Gasteiger partial charge on any atom is -0.484 e. The van der Waals surface area contributed by atoms with Crippen molar-refractivity contribution < 1.29 is 14.1 Å². The number of benzene rings is 3. The van der Waals surface area contributed by atoms with E-state index in [1.165, 1.54) is 18.3 Å². The predicted molar refractivity (Wildman–Crippen MR) is 138 cm³/mol. The molecule has 0 aliphatic carbocycles. The van der Waals surface area contributed by atoms with Gasteiger partial charge in [0.15, 0.2) is 5.76 Å². The Labute approximate surface area is 209 Å². The molecule has 0 spiro atoms. The first kappa shape index (κ1) is 23.3. The highest BCUT2D eigenvalue weighted by Gasteiger charge is 2.22. The Morgan fingerprint density at radius 3 is 2.64 bits per heavy atom. The molecule has 2 aromatic heterocycles. The van der Waals surface area contributed by atoms with Crippen LogP contribution in [0.4, 0.5) is 5.69 Å². The Kier molecular flexibility index (Phi) is 5.99. The van der Waals surface area contributed by atoms with Crippen molar-refractivity contribution in [3.8, 4) is 17.3 Å². The minimum absolute atomic E-state index is 0.00441. The third-order valence-electron chi connectivity index (χ3n) is 5.33. The fraction of sp³-hybridized carbons (Fsp3) is 0.115. The van der Waals surface area contributed by atoms with E-state index >= 15 is 0 Å². The summed E-state index contributed by atoms with van der Waals surface area (Å²) < 4.78 is 12.8. The van der Waals surface area contributed by atoms with E-state index < -0.39 is 10.5 Å². The smallest absolute Gasteiger partial charge is 0.313 e. The molecule has 0 atom stereocenters. The molecular formula is C26H19ClN4O5. The van der Waals surface area contributed by atoms with Crippen molar-refractivity contribution in [2.45, 2.75) is 20.0 Å². The summed E-state index contributed by atoms with van der Waals surface area (Å²) in [7, 11) is 0. The van der Waals surface area contributed by atoms with Gasteiger partial charge in [0.1, 0.15) is 5.58 Å². The fourth-order valence-corrected chi connectivity index (χ4v) is 4.02. The summed E-state index contributed by atoms with van der Waals surface area (Å²) in [6, 6.07) is 18.8. The molecule has 0 saturated carbocycles. The third-order valence-corrected chi connectivity index (χ3v) is 5.54. The highest BCUT2D eigenvalue weighted by atomic mass is 35.5. The first-order valence-electron chi connectivity index (χ1n) is 11.0. The number of fused-ring (bicyclic) bond motifs is 2. The molecule has 0 amide bonds. The largest absolute Gasteiger partial charge is 0.484 e. The van der Waals surface area contributed by atoms with E-state index in [-0.39, 0.29) is 34.0 Å². The highest BCUT2D eigenvalue weighted by molar-refractivity contribution is 6.31. The molecule has 5 aromatic rings. The maximum Gasteiger partial charge on any atom is 0.313 e.